The molecule has 3 aromatic rings. The Morgan fingerprint density at radius 1 is 1.40 bits per heavy atom. The van der Waals surface area contributed by atoms with E-state index in [4.69, 9.17) is 4.42 Å². The smallest absolute Gasteiger partial charge is 0.265 e. The lowest BCUT2D eigenvalue weighted by molar-refractivity contribution is -0.130. The summed E-state index contributed by atoms with van der Waals surface area (Å²) in [6.45, 7) is 5.29. The molecule has 8 heteroatoms. The Bertz CT molecular complexity index is 837. The number of carbonyl (C=O) groups is 1. The number of thiophene rings is 1. The second-order valence-corrected chi connectivity index (χ2v) is 6.85. The zero-order valence-corrected chi connectivity index (χ0v) is 15.4. The molecule has 0 spiro atoms. The van der Waals surface area contributed by atoms with Crippen molar-refractivity contribution in [1.82, 2.24) is 24.9 Å². The van der Waals surface area contributed by atoms with Crippen LogP contribution in [0.1, 0.15) is 29.8 Å². The van der Waals surface area contributed by atoms with Crippen molar-refractivity contribution in [2.45, 2.75) is 39.8 Å². The van der Waals surface area contributed by atoms with Gasteiger partial charge in [0.2, 0.25) is 11.8 Å². The molecule has 1 amide bonds. The van der Waals surface area contributed by atoms with Crippen molar-refractivity contribution in [3.8, 4) is 11.6 Å². The first kappa shape index (κ1) is 17.3. The van der Waals surface area contributed by atoms with Gasteiger partial charge in [0.15, 0.2) is 0 Å². The minimum atomic E-state index is 0.0580. The molecule has 3 rings (SSSR count). The third-order valence-electron chi connectivity index (χ3n) is 3.84. The van der Waals surface area contributed by atoms with E-state index in [9.17, 15) is 4.79 Å². The van der Waals surface area contributed by atoms with Gasteiger partial charge in [0.1, 0.15) is 5.69 Å². The summed E-state index contributed by atoms with van der Waals surface area (Å²) in [6.07, 6.45) is 0.773. The first-order chi connectivity index (χ1) is 12.1. The molecule has 0 bridgehead atoms. The van der Waals surface area contributed by atoms with Crippen LogP contribution < -0.4 is 0 Å². The SMILES string of the molecule is CCn1nc(C)cc1-c1nnc(CCC(=O)N(C)Cc2cccs2)o1. The maximum absolute atomic E-state index is 12.2. The fourth-order valence-electron chi connectivity index (χ4n) is 2.55. The predicted molar refractivity (Wildman–Crippen MR) is 95.0 cm³/mol. The highest BCUT2D eigenvalue weighted by molar-refractivity contribution is 7.09. The summed E-state index contributed by atoms with van der Waals surface area (Å²) in [4.78, 5) is 15.1. The van der Waals surface area contributed by atoms with Gasteiger partial charge in [-0.25, -0.2) is 0 Å². The first-order valence-electron chi connectivity index (χ1n) is 8.20. The molecule has 0 aromatic carbocycles. The lowest BCUT2D eigenvalue weighted by Gasteiger charge is -2.15. The topological polar surface area (TPSA) is 77.1 Å². The molecule has 0 saturated carbocycles. The van der Waals surface area contributed by atoms with Crippen LogP contribution in [0, 0.1) is 6.92 Å². The molecule has 0 aliphatic carbocycles. The third kappa shape index (κ3) is 4.14. The zero-order valence-electron chi connectivity index (χ0n) is 14.6. The largest absolute Gasteiger partial charge is 0.419 e. The summed E-state index contributed by atoms with van der Waals surface area (Å²) in [5.41, 5.74) is 1.71. The summed E-state index contributed by atoms with van der Waals surface area (Å²) < 4.78 is 7.54. The van der Waals surface area contributed by atoms with Crippen molar-refractivity contribution in [3.05, 3.63) is 40.0 Å². The van der Waals surface area contributed by atoms with E-state index < -0.39 is 0 Å². The van der Waals surface area contributed by atoms with Crippen LogP contribution in [-0.2, 0) is 24.3 Å². The van der Waals surface area contributed by atoms with Crippen LogP contribution >= 0.6 is 11.3 Å². The molecule has 0 unspecified atom stereocenters. The van der Waals surface area contributed by atoms with Gasteiger partial charge < -0.3 is 9.32 Å². The number of hydrogen-bond acceptors (Lipinski definition) is 6. The number of rotatable bonds is 7. The number of amides is 1. The maximum atomic E-state index is 12.2. The van der Waals surface area contributed by atoms with Crippen molar-refractivity contribution in [3.63, 3.8) is 0 Å². The van der Waals surface area contributed by atoms with Crippen molar-refractivity contribution < 1.29 is 9.21 Å². The molecule has 132 valence electrons. The molecule has 0 radical (unpaired) electrons. The molecule has 3 heterocycles. The molecule has 0 aliphatic rings. The number of carbonyl (C=O) groups excluding carboxylic acids is 1. The van der Waals surface area contributed by atoms with E-state index in [2.05, 4.69) is 15.3 Å². The van der Waals surface area contributed by atoms with Gasteiger partial charge in [-0.05, 0) is 31.4 Å². The summed E-state index contributed by atoms with van der Waals surface area (Å²) >= 11 is 1.65. The van der Waals surface area contributed by atoms with Gasteiger partial charge in [0.25, 0.3) is 5.89 Å². The van der Waals surface area contributed by atoms with Gasteiger partial charge in [-0.1, -0.05) is 6.07 Å². The van der Waals surface area contributed by atoms with Gasteiger partial charge in [-0.2, -0.15) is 5.10 Å². The molecular formula is C17H21N5O2S. The summed E-state index contributed by atoms with van der Waals surface area (Å²) in [5.74, 6) is 0.966. The number of aryl methyl sites for hydroxylation is 3. The monoisotopic (exact) mass is 359 g/mol. The van der Waals surface area contributed by atoms with Gasteiger partial charge in [0, 0.05) is 31.3 Å². The Balaban J connectivity index is 1.59. The summed E-state index contributed by atoms with van der Waals surface area (Å²) in [6, 6.07) is 5.93. The van der Waals surface area contributed by atoms with E-state index in [1.165, 1.54) is 4.88 Å². The highest BCUT2D eigenvalue weighted by Gasteiger charge is 2.16. The molecule has 7 nitrogen and oxygen atoms in total. The molecule has 3 aromatic heterocycles. The summed E-state index contributed by atoms with van der Waals surface area (Å²) in [7, 11) is 1.81. The van der Waals surface area contributed by atoms with E-state index in [-0.39, 0.29) is 5.91 Å². The standard InChI is InChI=1S/C17H21N5O2S/c1-4-22-14(10-12(2)20-22)17-19-18-15(24-17)7-8-16(23)21(3)11-13-6-5-9-25-13/h5-6,9-10H,4,7-8,11H2,1-3H3. The zero-order chi connectivity index (χ0) is 17.8. The van der Waals surface area contributed by atoms with Gasteiger partial charge in [0.05, 0.1) is 12.2 Å². The van der Waals surface area contributed by atoms with Crippen molar-refractivity contribution in [1.29, 1.82) is 0 Å². The Kier molecular flexibility index (Phi) is 5.28. The average molecular weight is 359 g/mol. The Morgan fingerprint density at radius 3 is 2.96 bits per heavy atom. The number of aromatic nitrogens is 4. The van der Waals surface area contributed by atoms with Crippen molar-refractivity contribution >= 4 is 17.2 Å². The number of hydrogen-bond donors (Lipinski definition) is 0. The van der Waals surface area contributed by atoms with Crippen LogP contribution in [0.15, 0.2) is 28.0 Å². The van der Waals surface area contributed by atoms with Crippen LogP contribution in [0.5, 0.6) is 0 Å². The predicted octanol–water partition coefficient (Wildman–Crippen LogP) is 2.91. The first-order valence-corrected chi connectivity index (χ1v) is 9.08. The molecular weight excluding hydrogens is 338 g/mol. The van der Waals surface area contributed by atoms with E-state index in [1.807, 2.05) is 49.2 Å². The van der Waals surface area contributed by atoms with Crippen molar-refractivity contribution in [2.24, 2.45) is 0 Å². The Morgan fingerprint density at radius 2 is 2.24 bits per heavy atom. The highest BCUT2D eigenvalue weighted by Crippen LogP contribution is 2.20. The normalized spacial score (nSPS) is 11.0. The average Bonchev–Trinajstić information content (AvgIpc) is 3.32. The van der Waals surface area contributed by atoms with Crippen LogP contribution in [-0.4, -0.2) is 37.8 Å². The van der Waals surface area contributed by atoms with E-state index in [0.717, 1.165) is 17.9 Å². The highest BCUT2D eigenvalue weighted by atomic mass is 32.1. The molecule has 0 atom stereocenters. The van der Waals surface area contributed by atoms with E-state index >= 15 is 0 Å². The van der Waals surface area contributed by atoms with Gasteiger partial charge >= 0.3 is 0 Å². The van der Waals surface area contributed by atoms with E-state index in [0.29, 0.717) is 31.2 Å². The van der Waals surface area contributed by atoms with Gasteiger partial charge in [-0.15, -0.1) is 21.5 Å². The molecule has 0 saturated heterocycles. The second kappa shape index (κ2) is 7.60. The van der Waals surface area contributed by atoms with Crippen LogP contribution in [0.2, 0.25) is 0 Å². The second-order valence-electron chi connectivity index (χ2n) is 5.82. The minimum Gasteiger partial charge on any atom is -0.419 e. The van der Waals surface area contributed by atoms with Crippen LogP contribution in [0.25, 0.3) is 11.6 Å². The van der Waals surface area contributed by atoms with Crippen LogP contribution in [0.4, 0.5) is 0 Å². The molecule has 25 heavy (non-hydrogen) atoms. The fourth-order valence-corrected chi connectivity index (χ4v) is 3.30. The molecule has 0 aliphatic heterocycles. The lowest BCUT2D eigenvalue weighted by atomic mass is 10.2. The minimum absolute atomic E-state index is 0.0580. The lowest BCUT2D eigenvalue weighted by Crippen LogP contribution is -2.26. The summed E-state index contributed by atoms with van der Waals surface area (Å²) in [5, 5.41) is 14.5. The quantitative estimate of drug-likeness (QED) is 0.648. The third-order valence-corrected chi connectivity index (χ3v) is 4.70. The maximum Gasteiger partial charge on any atom is 0.265 e. The van der Waals surface area contributed by atoms with Crippen molar-refractivity contribution in [2.75, 3.05) is 7.05 Å². The molecule has 0 N–H and O–H groups in total. The molecule has 0 fully saturated rings. The van der Waals surface area contributed by atoms with E-state index in [1.54, 1.807) is 16.2 Å². The Hall–Kier alpha value is -2.48. The van der Waals surface area contributed by atoms with Gasteiger partial charge in [-0.3, -0.25) is 9.48 Å². The number of nitrogens with zero attached hydrogens (tertiary/aromatic N) is 5. The fraction of sp³-hybridized carbons (Fsp3) is 0.412. The van der Waals surface area contributed by atoms with Crippen LogP contribution in [0.3, 0.4) is 0 Å². The Labute approximate surface area is 150 Å².